The highest BCUT2D eigenvalue weighted by Gasteiger charge is 2.09. The number of carbonyl (C=O) groups excluding carboxylic acids is 1. The molecule has 0 fully saturated rings. The summed E-state index contributed by atoms with van der Waals surface area (Å²) < 4.78 is 0. The van der Waals surface area contributed by atoms with E-state index in [4.69, 9.17) is 11.6 Å². The van der Waals surface area contributed by atoms with E-state index in [1.54, 1.807) is 0 Å². The molecular weight excluding hydrogens is 198 g/mol. The lowest BCUT2D eigenvalue weighted by molar-refractivity contribution is -0.119. The molecule has 1 rings (SSSR count). The molecule has 76 valence electrons. The van der Waals surface area contributed by atoms with Crippen molar-refractivity contribution in [2.24, 2.45) is 0 Å². The van der Waals surface area contributed by atoms with Gasteiger partial charge in [0.25, 0.3) is 0 Å². The number of benzene rings is 1. The molecule has 0 saturated heterocycles. The molecule has 0 spiro atoms. The first-order valence-corrected chi connectivity index (χ1v) is 5.04. The predicted molar refractivity (Wildman–Crippen MR) is 58.3 cm³/mol. The molecule has 1 aromatic carbocycles. The van der Waals surface area contributed by atoms with E-state index in [1.165, 1.54) is 6.92 Å². The Balaban J connectivity index is 2.83. The predicted octanol–water partition coefficient (Wildman–Crippen LogP) is 2.93. The van der Waals surface area contributed by atoms with E-state index in [0.29, 0.717) is 5.02 Å². The first-order valence-electron chi connectivity index (χ1n) is 4.66. The highest BCUT2D eigenvalue weighted by molar-refractivity contribution is 6.30. The second-order valence-electron chi connectivity index (χ2n) is 3.22. The molecule has 3 heteroatoms. The van der Waals surface area contributed by atoms with E-state index >= 15 is 0 Å². The Hall–Kier alpha value is -1.02. The van der Waals surface area contributed by atoms with Gasteiger partial charge in [-0.2, -0.15) is 0 Å². The Morgan fingerprint density at radius 1 is 1.57 bits per heavy atom. The smallest absolute Gasteiger partial charge is 0.217 e. The summed E-state index contributed by atoms with van der Waals surface area (Å²) in [7, 11) is 0. The van der Waals surface area contributed by atoms with E-state index in [1.807, 2.05) is 31.2 Å². The second-order valence-corrected chi connectivity index (χ2v) is 3.65. The highest BCUT2D eigenvalue weighted by Crippen LogP contribution is 2.19. The molecule has 0 radical (unpaired) electrons. The summed E-state index contributed by atoms with van der Waals surface area (Å²) in [6.45, 7) is 3.55. The first kappa shape index (κ1) is 11.1. The van der Waals surface area contributed by atoms with Crippen LogP contribution in [0.1, 0.15) is 31.9 Å². The number of carbonyl (C=O) groups is 1. The summed E-state index contributed by atoms with van der Waals surface area (Å²) in [5, 5.41) is 3.58. The van der Waals surface area contributed by atoms with Crippen LogP contribution in [0, 0.1) is 0 Å². The average Bonchev–Trinajstić information content (AvgIpc) is 2.14. The molecular formula is C11H14ClNO. The molecule has 2 nitrogen and oxygen atoms in total. The molecule has 1 unspecified atom stereocenters. The summed E-state index contributed by atoms with van der Waals surface area (Å²) in [5.74, 6) is -0.0168. The van der Waals surface area contributed by atoms with Crippen molar-refractivity contribution in [3.8, 4) is 0 Å². The summed E-state index contributed by atoms with van der Waals surface area (Å²) in [6, 6.07) is 7.63. The van der Waals surface area contributed by atoms with Crippen LogP contribution in [-0.2, 0) is 4.79 Å². The average molecular weight is 212 g/mol. The van der Waals surface area contributed by atoms with Gasteiger partial charge >= 0.3 is 0 Å². The van der Waals surface area contributed by atoms with E-state index in [9.17, 15) is 4.79 Å². The molecule has 1 aromatic rings. The van der Waals surface area contributed by atoms with Crippen LogP contribution in [0.3, 0.4) is 0 Å². The summed E-state index contributed by atoms with van der Waals surface area (Å²) >= 11 is 5.87. The van der Waals surface area contributed by atoms with Crippen molar-refractivity contribution in [1.82, 2.24) is 5.32 Å². The highest BCUT2D eigenvalue weighted by atomic mass is 35.5. The summed E-state index contributed by atoms with van der Waals surface area (Å²) in [6.07, 6.45) is 0.861. The normalized spacial score (nSPS) is 12.2. The molecule has 1 atom stereocenters. The Morgan fingerprint density at radius 2 is 2.29 bits per heavy atom. The van der Waals surface area contributed by atoms with E-state index in [2.05, 4.69) is 5.32 Å². The third-order valence-corrected chi connectivity index (χ3v) is 2.27. The van der Waals surface area contributed by atoms with Gasteiger partial charge in [-0.25, -0.2) is 0 Å². The standard InChI is InChI=1S/C11H14ClNO/c1-3-11(13-8(2)14)9-5-4-6-10(12)7-9/h4-7,11H,3H2,1-2H3,(H,13,14). The quantitative estimate of drug-likeness (QED) is 0.819. The maximum Gasteiger partial charge on any atom is 0.217 e. The van der Waals surface area contributed by atoms with Gasteiger partial charge in [-0.15, -0.1) is 0 Å². The van der Waals surface area contributed by atoms with Crippen molar-refractivity contribution in [3.63, 3.8) is 0 Å². The lowest BCUT2D eigenvalue weighted by Crippen LogP contribution is -2.25. The van der Waals surface area contributed by atoms with Gasteiger partial charge in [0.15, 0.2) is 0 Å². The fraction of sp³-hybridized carbons (Fsp3) is 0.364. The SMILES string of the molecule is CCC(NC(C)=O)c1cccc(Cl)c1. The zero-order chi connectivity index (χ0) is 10.6. The molecule has 0 aliphatic rings. The molecule has 0 aliphatic carbocycles. The molecule has 0 aromatic heterocycles. The van der Waals surface area contributed by atoms with Crippen molar-refractivity contribution in [1.29, 1.82) is 0 Å². The molecule has 0 heterocycles. The Kier molecular flexibility index (Phi) is 3.96. The number of halogens is 1. The van der Waals surface area contributed by atoms with E-state index in [-0.39, 0.29) is 11.9 Å². The van der Waals surface area contributed by atoms with Gasteiger partial charge in [0, 0.05) is 11.9 Å². The third-order valence-electron chi connectivity index (χ3n) is 2.04. The van der Waals surface area contributed by atoms with Crippen molar-refractivity contribution < 1.29 is 4.79 Å². The Labute approximate surface area is 89.3 Å². The second kappa shape index (κ2) is 5.01. The van der Waals surface area contributed by atoms with Crippen LogP contribution in [0.4, 0.5) is 0 Å². The number of amides is 1. The molecule has 0 saturated carbocycles. The minimum absolute atomic E-state index is 0.0168. The van der Waals surface area contributed by atoms with E-state index in [0.717, 1.165) is 12.0 Å². The topological polar surface area (TPSA) is 29.1 Å². The van der Waals surface area contributed by atoms with E-state index < -0.39 is 0 Å². The van der Waals surface area contributed by atoms with Gasteiger partial charge in [-0.3, -0.25) is 4.79 Å². The van der Waals surface area contributed by atoms with Gasteiger partial charge in [-0.05, 0) is 24.1 Å². The third kappa shape index (κ3) is 3.04. The van der Waals surface area contributed by atoms with Gasteiger partial charge in [0.05, 0.1) is 6.04 Å². The number of rotatable bonds is 3. The minimum atomic E-state index is -0.0168. The summed E-state index contributed by atoms with van der Waals surface area (Å²) in [5.41, 5.74) is 1.05. The van der Waals surface area contributed by atoms with Crippen LogP contribution in [0.25, 0.3) is 0 Å². The lowest BCUT2D eigenvalue weighted by Gasteiger charge is -2.16. The monoisotopic (exact) mass is 211 g/mol. The Morgan fingerprint density at radius 3 is 2.79 bits per heavy atom. The molecule has 1 N–H and O–H groups in total. The van der Waals surface area contributed by atoms with Gasteiger partial charge in [0.1, 0.15) is 0 Å². The van der Waals surface area contributed by atoms with Crippen LogP contribution in [-0.4, -0.2) is 5.91 Å². The zero-order valence-electron chi connectivity index (χ0n) is 8.38. The maximum atomic E-state index is 10.9. The van der Waals surface area contributed by atoms with Gasteiger partial charge in [0.2, 0.25) is 5.91 Å². The number of nitrogens with one attached hydrogen (secondary N) is 1. The van der Waals surface area contributed by atoms with Gasteiger partial charge < -0.3 is 5.32 Å². The van der Waals surface area contributed by atoms with Crippen molar-refractivity contribution in [3.05, 3.63) is 34.9 Å². The van der Waals surface area contributed by atoms with Crippen LogP contribution in [0.2, 0.25) is 5.02 Å². The largest absolute Gasteiger partial charge is 0.350 e. The zero-order valence-corrected chi connectivity index (χ0v) is 9.14. The first-order chi connectivity index (χ1) is 6.63. The molecule has 0 aliphatic heterocycles. The Bertz CT molecular complexity index is 325. The van der Waals surface area contributed by atoms with Gasteiger partial charge in [-0.1, -0.05) is 30.7 Å². The van der Waals surface area contributed by atoms with Crippen molar-refractivity contribution >= 4 is 17.5 Å². The van der Waals surface area contributed by atoms with Crippen LogP contribution >= 0.6 is 11.6 Å². The summed E-state index contributed by atoms with van der Waals surface area (Å²) in [4.78, 5) is 10.9. The maximum absolute atomic E-state index is 10.9. The molecule has 0 bridgehead atoms. The molecule has 1 amide bonds. The van der Waals surface area contributed by atoms with Crippen LogP contribution < -0.4 is 5.32 Å². The van der Waals surface area contributed by atoms with Crippen molar-refractivity contribution in [2.75, 3.05) is 0 Å². The van der Waals surface area contributed by atoms with Crippen molar-refractivity contribution in [2.45, 2.75) is 26.3 Å². The molecule has 14 heavy (non-hydrogen) atoms. The number of hydrogen-bond donors (Lipinski definition) is 1. The minimum Gasteiger partial charge on any atom is -0.350 e. The van der Waals surface area contributed by atoms with Crippen LogP contribution in [0.5, 0.6) is 0 Å². The fourth-order valence-electron chi connectivity index (χ4n) is 1.39. The van der Waals surface area contributed by atoms with Crippen LogP contribution in [0.15, 0.2) is 24.3 Å². The fourth-order valence-corrected chi connectivity index (χ4v) is 1.59. The number of hydrogen-bond acceptors (Lipinski definition) is 1. The lowest BCUT2D eigenvalue weighted by atomic mass is 10.0.